The summed E-state index contributed by atoms with van der Waals surface area (Å²) in [6, 6.07) is 8.23. The third-order valence-corrected chi connectivity index (χ3v) is 3.49. The lowest BCUT2D eigenvalue weighted by Gasteiger charge is -2.05. The number of carbonyl (C=O) groups excluding carboxylic acids is 1. The molecule has 0 aliphatic carbocycles. The van der Waals surface area contributed by atoms with Crippen LogP contribution in [0.2, 0.25) is 0 Å². The molecule has 1 amide bonds. The first-order chi connectivity index (χ1) is 7.55. The average molecular weight is 259 g/mol. The first-order valence-corrected chi connectivity index (χ1v) is 7.04. The van der Waals surface area contributed by atoms with Crippen molar-refractivity contribution >= 4 is 28.6 Å². The van der Waals surface area contributed by atoms with Crippen molar-refractivity contribution in [3.8, 4) is 0 Å². The van der Waals surface area contributed by atoms with E-state index in [9.17, 15) is 13.2 Å². The molecular formula is C10H13NO3S2. The fourth-order valence-corrected chi connectivity index (χ4v) is 2.49. The number of carbonyl (C=O) groups is 1. The normalized spacial score (nSPS) is 11.1. The smallest absolute Gasteiger partial charge is 0.264 e. The van der Waals surface area contributed by atoms with Crippen molar-refractivity contribution in [2.24, 2.45) is 0 Å². The van der Waals surface area contributed by atoms with Crippen LogP contribution in [-0.4, -0.2) is 25.8 Å². The fraction of sp³-hybridized carbons (Fsp3) is 0.300. The van der Waals surface area contributed by atoms with Crippen LogP contribution in [0.1, 0.15) is 16.8 Å². The van der Waals surface area contributed by atoms with E-state index in [0.717, 1.165) is 0 Å². The molecule has 0 aliphatic heterocycles. The Bertz CT molecular complexity index is 442. The molecular weight excluding hydrogens is 246 g/mol. The molecule has 0 atom stereocenters. The van der Waals surface area contributed by atoms with Crippen molar-refractivity contribution in [2.45, 2.75) is 6.42 Å². The van der Waals surface area contributed by atoms with Gasteiger partial charge in [-0.05, 0) is 24.3 Å². The number of hydrogen-bond acceptors (Lipinski definition) is 4. The van der Waals surface area contributed by atoms with Gasteiger partial charge in [0.1, 0.15) is 0 Å². The molecule has 0 saturated heterocycles. The summed E-state index contributed by atoms with van der Waals surface area (Å²) in [4.78, 5) is 11.5. The molecule has 6 heteroatoms. The van der Waals surface area contributed by atoms with Gasteiger partial charge in [-0.3, -0.25) is 4.79 Å². The summed E-state index contributed by atoms with van der Waals surface area (Å²) in [7, 11) is -3.54. The Labute approximate surface area is 101 Å². The van der Waals surface area contributed by atoms with Crippen LogP contribution in [0.15, 0.2) is 30.3 Å². The van der Waals surface area contributed by atoms with Crippen molar-refractivity contribution in [1.82, 2.24) is 4.72 Å². The van der Waals surface area contributed by atoms with Crippen molar-refractivity contribution in [2.75, 3.05) is 11.5 Å². The Kier molecular flexibility index (Phi) is 4.82. The van der Waals surface area contributed by atoms with Gasteiger partial charge in [0.25, 0.3) is 5.91 Å². The molecule has 0 aromatic heterocycles. The zero-order valence-corrected chi connectivity index (χ0v) is 10.3. The molecule has 1 aromatic rings. The predicted octanol–water partition coefficient (Wildman–Crippen LogP) is 1.07. The highest BCUT2D eigenvalue weighted by molar-refractivity contribution is 7.90. The first-order valence-electron chi connectivity index (χ1n) is 4.76. The highest BCUT2D eigenvalue weighted by atomic mass is 32.2. The van der Waals surface area contributed by atoms with Crippen LogP contribution in [0.4, 0.5) is 0 Å². The van der Waals surface area contributed by atoms with E-state index in [1.807, 2.05) is 4.72 Å². The summed E-state index contributed by atoms with van der Waals surface area (Å²) in [6.45, 7) is 0. The van der Waals surface area contributed by atoms with Crippen LogP contribution in [0.3, 0.4) is 0 Å². The van der Waals surface area contributed by atoms with E-state index in [1.165, 1.54) is 0 Å². The van der Waals surface area contributed by atoms with Gasteiger partial charge < -0.3 is 0 Å². The Morgan fingerprint density at radius 2 is 1.88 bits per heavy atom. The van der Waals surface area contributed by atoms with E-state index >= 15 is 0 Å². The van der Waals surface area contributed by atoms with Gasteiger partial charge in [0, 0.05) is 5.56 Å². The third-order valence-electron chi connectivity index (χ3n) is 1.86. The van der Waals surface area contributed by atoms with Crippen molar-refractivity contribution in [3.63, 3.8) is 0 Å². The number of amides is 1. The third kappa shape index (κ3) is 4.24. The summed E-state index contributed by atoms with van der Waals surface area (Å²) in [5, 5.41) is 0. The molecule has 0 radical (unpaired) electrons. The Morgan fingerprint density at radius 1 is 1.25 bits per heavy atom. The number of nitrogens with one attached hydrogen (secondary N) is 1. The molecule has 0 fully saturated rings. The predicted molar refractivity (Wildman–Crippen MR) is 66.2 cm³/mol. The molecule has 0 saturated carbocycles. The highest BCUT2D eigenvalue weighted by Gasteiger charge is 2.14. The molecule has 16 heavy (non-hydrogen) atoms. The number of hydrogen-bond donors (Lipinski definition) is 2. The molecule has 0 unspecified atom stereocenters. The molecule has 1 aromatic carbocycles. The number of sulfonamides is 1. The highest BCUT2D eigenvalue weighted by Crippen LogP contribution is 2.00. The van der Waals surface area contributed by atoms with E-state index in [2.05, 4.69) is 12.6 Å². The molecule has 0 aliphatic rings. The van der Waals surface area contributed by atoms with Gasteiger partial charge in [0.2, 0.25) is 10.0 Å². The van der Waals surface area contributed by atoms with Gasteiger partial charge in [0.15, 0.2) is 0 Å². The Balaban J connectivity index is 2.65. The quantitative estimate of drug-likeness (QED) is 0.777. The van der Waals surface area contributed by atoms with Crippen molar-refractivity contribution < 1.29 is 13.2 Å². The van der Waals surface area contributed by atoms with E-state index in [0.29, 0.717) is 17.7 Å². The van der Waals surface area contributed by atoms with Crippen LogP contribution >= 0.6 is 12.6 Å². The molecule has 0 spiro atoms. The summed E-state index contributed by atoms with van der Waals surface area (Å²) in [5.74, 6) is -0.213. The van der Waals surface area contributed by atoms with Crippen molar-refractivity contribution in [1.29, 1.82) is 0 Å². The lowest BCUT2D eigenvalue weighted by Crippen LogP contribution is -2.32. The maximum Gasteiger partial charge on any atom is 0.264 e. The maximum absolute atomic E-state index is 11.5. The second kappa shape index (κ2) is 5.91. The van der Waals surface area contributed by atoms with Crippen molar-refractivity contribution in [3.05, 3.63) is 35.9 Å². The van der Waals surface area contributed by atoms with E-state index < -0.39 is 15.9 Å². The fourth-order valence-electron chi connectivity index (χ4n) is 1.10. The van der Waals surface area contributed by atoms with Gasteiger partial charge in [-0.25, -0.2) is 13.1 Å². The number of thiol groups is 1. The number of rotatable bonds is 5. The van der Waals surface area contributed by atoms with Gasteiger partial charge in [-0.15, -0.1) is 0 Å². The molecule has 1 N–H and O–H groups in total. The molecule has 4 nitrogen and oxygen atoms in total. The van der Waals surface area contributed by atoms with Crippen LogP contribution in [0, 0.1) is 0 Å². The standard InChI is InChI=1S/C10H13NO3S2/c12-10(9-5-2-1-3-6-9)11-16(13,14)8-4-7-15/h1-3,5-6,15H,4,7-8H2,(H,11,12). The zero-order chi connectivity index (χ0) is 12.0. The molecule has 0 bridgehead atoms. The van der Waals surface area contributed by atoms with Gasteiger partial charge in [0.05, 0.1) is 5.75 Å². The van der Waals surface area contributed by atoms with Gasteiger partial charge in [-0.1, -0.05) is 18.2 Å². The minimum atomic E-state index is -3.54. The van der Waals surface area contributed by atoms with Crippen LogP contribution < -0.4 is 4.72 Å². The van der Waals surface area contributed by atoms with E-state index in [4.69, 9.17) is 0 Å². The van der Waals surface area contributed by atoms with Crippen LogP contribution in [0.25, 0.3) is 0 Å². The first kappa shape index (κ1) is 13.1. The molecule has 1 rings (SSSR count). The van der Waals surface area contributed by atoms with Crippen LogP contribution in [-0.2, 0) is 10.0 Å². The second-order valence-electron chi connectivity index (χ2n) is 3.19. The zero-order valence-electron chi connectivity index (χ0n) is 8.59. The monoisotopic (exact) mass is 259 g/mol. The Hall–Kier alpha value is -1.01. The maximum atomic E-state index is 11.5. The van der Waals surface area contributed by atoms with Gasteiger partial charge >= 0.3 is 0 Å². The lowest BCUT2D eigenvalue weighted by atomic mass is 10.2. The SMILES string of the molecule is O=C(NS(=O)(=O)CCCS)c1ccccc1. The number of benzene rings is 1. The Morgan fingerprint density at radius 3 is 2.44 bits per heavy atom. The van der Waals surface area contributed by atoms with E-state index in [1.54, 1.807) is 30.3 Å². The summed E-state index contributed by atoms with van der Waals surface area (Å²) in [5.41, 5.74) is 0.331. The molecule has 88 valence electrons. The average Bonchev–Trinajstić information content (AvgIpc) is 2.27. The van der Waals surface area contributed by atoms with E-state index in [-0.39, 0.29) is 5.75 Å². The lowest BCUT2D eigenvalue weighted by molar-refractivity contribution is 0.0981. The topological polar surface area (TPSA) is 63.2 Å². The van der Waals surface area contributed by atoms with Gasteiger partial charge in [-0.2, -0.15) is 12.6 Å². The minimum Gasteiger partial charge on any atom is -0.268 e. The summed E-state index contributed by atoms with van der Waals surface area (Å²) >= 11 is 3.92. The minimum absolute atomic E-state index is 0.0882. The van der Waals surface area contributed by atoms with Crippen LogP contribution in [0.5, 0.6) is 0 Å². The largest absolute Gasteiger partial charge is 0.268 e. The second-order valence-corrected chi connectivity index (χ2v) is 5.48. The summed E-state index contributed by atoms with van der Waals surface area (Å²) in [6.07, 6.45) is 0.417. The molecule has 0 heterocycles. The summed E-state index contributed by atoms with van der Waals surface area (Å²) < 4.78 is 24.8.